The van der Waals surface area contributed by atoms with Gasteiger partial charge in [0.05, 0.1) is 0 Å². The number of rotatable bonds is 3. The van der Waals surface area contributed by atoms with Crippen LogP contribution in [0.4, 0.5) is 0 Å². The van der Waals surface area contributed by atoms with E-state index in [0.29, 0.717) is 11.1 Å². The molecule has 0 spiro atoms. The first-order chi connectivity index (χ1) is 11.2. The lowest BCUT2D eigenvalue weighted by atomic mass is 10.1. The maximum absolute atomic E-state index is 12.5. The van der Waals surface area contributed by atoms with Crippen LogP contribution in [0.2, 0.25) is 0 Å². The van der Waals surface area contributed by atoms with E-state index >= 15 is 0 Å². The summed E-state index contributed by atoms with van der Waals surface area (Å²) in [6, 6.07) is 6.99. The summed E-state index contributed by atoms with van der Waals surface area (Å²) in [5.41, 5.74) is 1.90. The maximum atomic E-state index is 12.5. The number of halogens is 1. The number of carbonyl (C=O) groups excluding carboxylic acids is 2. The number of nitrogens with zero attached hydrogens (tertiary/aromatic N) is 1. The van der Waals surface area contributed by atoms with Gasteiger partial charge >= 0.3 is 0 Å². The van der Waals surface area contributed by atoms with Crippen molar-refractivity contribution in [2.45, 2.75) is 19.3 Å². The Kier molecular flexibility index (Phi) is 5.38. The fraction of sp³-hybridized carbons (Fsp3) is 0.278. The van der Waals surface area contributed by atoms with Crippen LogP contribution in [0.15, 0.2) is 46.2 Å². The zero-order valence-electron chi connectivity index (χ0n) is 12.8. The Balaban J connectivity index is 1.72. The van der Waals surface area contributed by atoms with E-state index in [9.17, 15) is 9.59 Å². The molecular weight excluding hydrogens is 403 g/mol. The van der Waals surface area contributed by atoms with Crippen LogP contribution in [0.3, 0.4) is 0 Å². The Hall–Kier alpha value is -1.76. The SMILES string of the molecule is O=C(NC1=CC=IC=C1)c1cccc(C(=O)N2CCCCC2)c1. The number of piperidine rings is 1. The molecule has 5 heteroatoms. The molecule has 0 unspecified atom stereocenters. The maximum Gasteiger partial charge on any atom is 0.255 e. The van der Waals surface area contributed by atoms with E-state index < -0.39 is 0 Å². The van der Waals surface area contributed by atoms with Crippen LogP contribution >= 0.6 is 20.7 Å². The van der Waals surface area contributed by atoms with Gasteiger partial charge < -0.3 is 10.2 Å². The largest absolute Gasteiger partial charge is 0.339 e. The van der Waals surface area contributed by atoms with E-state index in [-0.39, 0.29) is 32.5 Å². The summed E-state index contributed by atoms with van der Waals surface area (Å²) in [4.78, 5) is 26.8. The number of allylic oxidation sites excluding steroid dienone is 2. The summed E-state index contributed by atoms with van der Waals surface area (Å²) in [6.07, 6.45) is 7.19. The first-order valence-electron chi connectivity index (χ1n) is 7.77. The number of amides is 2. The molecule has 1 saturated heterocycles. The fourth-order valence-electron chi connectivity index (χ4n) is 2.67. The summed E-state index contributed by atoms with van der Waals surface area (Å²) in [6.45, 7) is 1.62. The van der Waals surface area contributed by atoms with Gasteiger partial charge in [0.2, 0.25) is 0 Å². The average Bonchev–Trinajstić information content (AvgIpc) is 2.63. The number of nitrogens with one attached hydrogen (secondary N) is 1. The highest BCUT2D eigenvalue weighted by atomic mass is 127. The molecule has 0 saturated carbocycles. The van der Waals surface area contributed by atoms with E-state index in [1.807, 2.05) is 17.1 Å². The van der Waals surface area contributed by atoms with E-state index in [1.165, 1.54) is 6.42 Å². The van der Waals surface area contributed by atoms with Gasteiger partial charge in [-0.15, -0.1) is 0 Å². The zero-order chi connectivity index (χ0) is 16.1. The summed E-state index contributed by atoms with van der Waals surface area (Å²) in [7, 11) is 0. The molecule has 4 nitrogen and oxygen atoms in total. The predicted octanol–water partition coefficient (Wildman–Crippen LogP) is 3.23. The first-order valence-corrected chi connectivity index (χ1v) is 10.3. The predicted molar refractivity (Wildman–Crippen MR) is 101 cm³/mol. The molecule has 0 aromatic heterocycles. The Morgan fingerprint density at radius 3 is 2.61 bits per heavy atom. The zero-order valence-corrected chi connectivity index (χ0v) is 15.0. The number of likely N-dealkylation sites (tertiary alicyclic amines) is 1. The summed E-state index contributed by atoms with van der Waals surface area (Å²) in [5, 5.41) is 2.88. The van der Waals surface area contributed by atoms with Gasteiger partial charge in [-0.1, -0.05) is 26.8 Å². The molecule has 2 amide bonds. The standard InChI is InChI=1S/C18H19IN2O2/c22-17(20-16-7-9-19-10-8-16)14-5-4-6-15(13-14)18(23)21-11-2-1-3-12-21/h4-10,13H,1-3,11-12H2,(H,20,22). The normalized spacial score (nSPS) is 17.2. The molecule has 1 aromatic rings. The van der Waals surface area contributed by atoms with Gasteiger partial charge in [-0.25, -0.2) is 0 Å². The molecule has 120 valence electrons. The fourth-order valence-corrected chi connectivity index (χ4v) is 4.10. The van der Waals surface area contributed by atoms with Gasteiger partial charge in [0, 0.05) is 29.9 Å². The first kappa shape index (κ1) is 16.1. The molecule has 0 radical (unpaired) electrons. The van der Waals surface area contributed by atoms with Gasteiger partial charge in [-0.2, -0.15) is 0 Å². The molecule has 1 aromatic carbocycles. The van der Waals surface area contributed by atoms with Crippen LogP contribution < -0.4 is 5.32 Å². The number of benzene rings is 1. The molecule has 3 rings (SSSR count). The van der Waals surface area contributed by atoms with Crippen molar-refractivity contribution in [3.8, 4) is 0 Å². The Bertz CT molecular complexity index is 701. The minimum Gasteiger partial charge on any atom is -0.339 e. The number of hydrogen-bond acceptors (Lipinski definition) is 2. The molecule has 23 heavy (non-hydrogen) atoms. The van der Waals surface area contributed by atoms with Gasteiger partial charge in [0.1, 0.15) is 0 Å². The average molecular weight is 422 g/mol. The lowest BCUT2D eigenvalue weighted by Crippen LogP contribution is -2.35. The quantitative estimate of drug-likeness (QED) is 0.761. The molecule has 0 bridgehead atoms. The second-order valence-electron chi connectivity index (χ2n) is 5.55. The van der Waals surface area contributed by atoms with Crippen molar-refractivity contribution in [1.29, 1.82) is 0 Å². The van der Waals surface area contributed by atoms with E-state index in [2.05, 4.69) is 13.4 Å². The number of carbonyl (C=O) groups is 2. The summed E-state index contributed by atoms with van der Waals surface area (Å²) >= 11 is 0.000778. The number of hydrogen-bond donors (Lipinski definition) is 1. The van der Waals surface area contributed by atoms with Crippen molar-refractivity contribution in [3.05, 3.63) is 57.3 Å². The Morgan fingerprint density at radius 1 is 1.09 bits per heavy atom. The molecule has 2 aliphatic rings. The molecule has 1 N–H and O–H groups in total. The van der Waals surface area contributed by atoms with Gasteiger partial charge in [0.15, 0.2) is 0 Å². The lowest BCUT2D eigenvalue weighted by molar-refractivity contribution is 0.0724. The van der Waals surface area contributed by atoms with Gasteiger partial charge in [0.25, 0.3) is 11.8 Å². The van der Waals surface area contributed by atoms with E-state index in [1.54, 1.807) is 24.3 Å². The third kappa shape index (κ3) is 4.16. The van der Waals surface area contributed by atoms with Crippen LogP contribution in [0.25, 0.3) is 0 Å². The van der Waals surface area contributed by atoms with Crippen LogP contribution in [-0.4, -0.2) is 33.8 Å². The molecule has 2 aliphatic heterocycles. The molecule has 0 atom stereocenters. The molecule has 1 fully saturated rings. The minimum atomic E-state index is -0.178. The highest BCUT2D eigenvalue weighted by Crippen LogP contribution is 2.15. The van der Waals surface area contributed by atoms with Crippen LogP contribution in [0.5, 0.6) is 0 Å². The molecule has 0 aliphatic carbocycles. The van der Waals surface area contributed by atoms with E-state index in [4.69, 9.17) is 0 Å². The Labute approximate surface area is 146 Å². The van der Waals surface area contributed by atoms with E-state index in [0.717, 1.165) is 31.6 Å². The van der Waals surface area contributed by atoms with Crippen LogP contribution in [0, 0.1) is 0 Å². The summed E-state index contributed by atoms with van der Waals surface area (Å²) < 4.78 is 4.20. The smallest absolute Gasteiger partial charge is 0.255 e. The Morgan fingerprint density at radius 2 is 1.87 bits per heavy atom. The van der Waals surface area contributed by atoms with Crippen LogP contribution in [0.1, 0.15) is 40.0 Å². The van der Waals surface area contributed by atoms with Gasteiger partial charge in [-0.3, -0.25) is 9.59 Å². The van der Waals surface area contributed by atoms with Crippen LogP contribution in [-0.2, 0) is 0 Å². The van der Waals surface area contributed by atoms with Crippen molar-refractivity contribution in [1.82, 2.24) is 10.2 Å². The van der Waals surface area contributed by atoms with Crippen molar-refractivity contribution >= 4 is 36.6 Å². The van der Waals surface area contributed by atoms with Gasteiger partial charge in [-0.05, 0) is 57.7 Å². The van der Waals surface area contributed by atoms with Crippen molar-refractivity contribution < 1.29 is 9.59 Å². The second kappa shape index (κ2) is 7.68. The monoisotopic (exact) mass is 422 g/mol. The topological polar surface area (TPSA) is 49.4 Å². The second-order valence-corrected chi connectivity index (χ2v) is 7.71. The van der Waals surface area contributed by atoms with Crippen molar-refractivity contribution in [2.75, 3.05) is 13.1 Å². The highest BCUT2D eigenvalue weighted by Gasteiger charge is 2.19. The van der Waals surface area contributed by atoms with Crippen molar-refractivity contribution in [3.63, 3.8) is 0 Å². The molecular formula is C18H19IN2O2. The molecule has 2 heterocycles. The minimum absolute atomic E-state index is 0.000778. The highest BCUT2D eigenvalue weighted by molar-refractivity contribution is 14.2. The third-order valence-corrected chi connectivity index (χ3v) is 5.45. The summed E-state index contributed by atoms with van der Waals surface area (Å²) in [5.74, 6) is -0.156. The third-order valence-electron chi connectivity index (χ3n) is 3.90. The lowest BCUT2D eigenvalue weighted by Gasteiger charge is -2.26. The van der Waals surface area contributed by atoms with Crippen molar-refractivity contribution in [2.24, 2.45) is 0 Å².